The van der Waals surface area contributed by atoms with Crippen molar-refractivity contribution in [3.8, 4) is 5.75 Å². The number of nitrogens with zero attached hydrogens (tertiary/aromatic N) is 2. The minimum absolute atomic E-state index is 0.108. The molecule has 0 amide bonds. The molecule has 0 bridgehead atoms. The van der Waals surface area contributed by atoms with Crippen LogP contribution in [0.4, 0.5) is 13.2 Å². The van der Waals surface area contributed by atoms with Crippen LogP contribution in [0.25, 0.3) is 5.57 Å². The molecule has 1 aromatic carbocycles. The van der Waals surface area contributed by atoms with Gasteiger partial charge in [-0.15, -0.1) is 0 Å². The number of para-hydroxylation sites is 1. The molecule has 2 rings (SSSR count). The maximum Gasteiger partial charge on any atom is 0.417 e. The Bertz CT molecular complexity index is 816. The van der Waals surface area contributed by atoms with Crippen LogP contribution >= 0.6 is 11.6 Å². The second kappa shape index (κ2) is 7.70. The average Bonchev–Trinajstić information content (AvgIpc) is 2.58. The van der Waals surface area contributed by atoms with Gasteiger partial charge in [-0.3, -0.25) is 9.98 Å². The predicted molar refractivity (Wildman–Crippen MR) is 93.4 cm³/mol. The highest BCUT2D eigenvalue weighted by molar-refractivity contribution is 6.34. The fraction of sp³-hybridized carbons (Fsp3) is 0.222. The van der Waals surface area contributed by atoms with Gasteiger partial charge >= 0.3 is 6.18 Å². The number of allylic oxidation sites excluding steroid dienone is 1. The molecule has 1 heterocycles. The van der Waals surface area contributed by atoms with Crippen LogP contribution in [-0.2, 0) is 6.18 Å². The van der Waals surface area contributed by atoms with Gasteiger partial charge in [0.15, 0.2) is 0 Å². The Morgan fingerprint density at radius 3 is 2.56 bits per heavy atom. The van der Waals surface area contributed by atoms with Crippen LogP contribution in [0.15, 0.2) is 48.1 Å². The third-order valence-electron chi connectivity index (χ3n) is 3.58. The third kappa shape index (κ3) is 4.39. The molecule has 0 aliphatic rings. The van der Waals surface area contributed by atoms with Crippen LogP contribution in [0.2, 0.25) is 5.02 Å². The van der Waals surface area contributed by atoms with Crippen LogP contribution in [0.1, 0.15) is 23.2 Å². The number of hydrogen-bond acceptors (Lipinski definition) is 3. The minimum Gasteiger partial charge on any atom is -0.496 e. The molecule has 7 heteroatoms. The number of ether oxygens (including phenoxy) is 1. The van der Waals surface area contributed by atoms with E-state index in [1.807, 2.05) is 18.2 Å². The number of halogens is 4. The summed E-state index contributed by atoms with van der Waals surface area (Å²) in [7, 11) is 3.08. The molecule has 1 aromatic heterocycles. The van der Waals surface area contributed by atoms with E-state index in [0.717, 1.165) is 17.8 Å². The highest BCUT2D eigenvalue weighted by Crippen LogP contribution is 2.32. The summed E-state index contributed by atoms with van der Waals surface area (Å²) in [6.07, 6.45) is -3.48. The van der Waals surface area contributed by atoms with E-state index in [1.54, 1.807) is 13.2 Å². The van der Waals surface area contributed by atoms with Gasteiger partial charge in [0.05, 0.1) is 23.4 Å². The Hall–Kier alpha value is -2.34. The first-order chi connectivity index (χ1) is 11.8. The zero-order valence-corrected chi connectivity index (χ0v) is 14.4. The normalized spacial score (nSPS) is 12.2. The van der Waals surface area contributed by atoms with Crippen molar-refractivity contribution in [3.63, 3.8) is 0 Å². The lowest BCUT2D eigenvalue weighted by atomic mass is 9.99. The molecule has 0 saturated carbocycles. The number of pyridine rings is 1. The summed E-state index contributed by atoms with van der Waals surface area (Å²) in [6, 6.07) is 8.16. The first-order valence-electron chi connectivity index (χ1n) is 7.27. The minimum atomic E-state index is -4.50. The van der Waals surface area contributed by atoms with Gasteiger partial charge in [-0.05, 0) is 17.7 Å². The van der Waals surface area contributed by atoms with Crippen molar-refractivity contribution in [2.24, 2.45) is 4.99 Å². The van der Waals surface area contributed by atoms with E-state index in [1.165, 1.54) is 7.05 Å². The number of hydrogen-bond donors (Lipinski definition) is 0. The van der Waals surface area contributed by atoms with Crippen molar-refractivity contribution in [1.29, 1.82) is 0 Å². The molecule has 0 aliphatic carbocycles. The number of methoxy groups -OCH3 is 1. The molecule has 0 spiro atoms. The fourth-order valence-electron chi connectivity index (χ4n) is 2.31. The lowest BCUT2D eigenvalue weighted by molar-refractivity contribution is -0.137. The van der Waals surface area contributed by atoms with E-state index in [9.17, 15) is 13.2 Å². The molecule has 25 heavy (non-hydrogen) atoms. The standard InChI is InChI=1S/C18H16ClF3N2O/c1-11(13-6-4-5-7-16(13)25-3)8-15(23-2)17-14(19)9-12(10-24-17)18(20,21)22/h4-7,9-10H,1,8H2,2-3H3. The van der Waals surface area contributed by atoms with Gasteiger partial charge in [-0.25, -0.2) is 0 Å². The highest BCUT2D eigenvalue weighted by atomic mass is 35.5. The molecule has 0 aliphatic heterocycles. The molecular weight excluding hydrogens is 353 g/mol. The molecule has 132 valence electrons. The van der Waals surface area contributed by atoms with Gasteiger partial charge in [-0.2, -0.15) is 13.2 Å². The van der Waals surface area contributed by atoms with Crippen LogP contribution in [0, 0.1) is 0 Å². The summed E-state index contributed by atoms with van der Waals surface area (Å²) >= 11 is 6.00. The van der Waals surface area contributed by atoms with E-state index in [0.29, 0.717) is 17.0 Å². The Balaban J connectivity index is 2.31. The topological polar surface area (TPSA) is 34.5 Å². The van der Waals surface area contributed by atoms with Crippen LogP contribution in [0.3, 0.4) is 0 Å². The Kier molecular flexibility index (Phi) is 5.85. The van der Waals surface area contributed by atoms with E-state index in [4.69, 9.17) is 16.3 Å². The number of aliphatic imine (C=N–C) groups is 1. The zero-order chi connectivity index (χ0) is 18.6. The van der Waals surface area contributed by atoms with E-state index < -0.39 is 11.7 Å². The van der Waals surface area contributed by atoms with E-state index in [2.05, 4.69) is 16.6 Å². The van der Waals surface area contributed by atoms with Crippen molar-refractivity contribution in [2.45, 2.75) is 12.6 Å². The number of alkyl halides is 3. The molecule has 0 radical (unpaired) electrons. The van der Waals surface area contributed by atoms with Gasteiger partial charge < -0.3 is 4.74 Å². The summed E-state index contributed by atoms with van der Waals surface area (Å²) in [4.78, 5) is 7.97. The number of aromatic nitrogens is 1. The quantitative estimate of drug-likeness (QED) is 0.672. The Morgan fingerprint density at radius 1 is 1.32 bits per heavy atom. The average molecular weight is 369 g/mol. The van der Waals surface area contributed by atoms with Crippen LogP contribution in [-0.4, -0.2) is 24.9 Å². The Morgan fingerprint density at radius 2 is 2.00 bits per heavy atom. The second-order valence-electron chi connectivity index (χ2n) is 5.20. The van der Waals surface area contributed by atoms with Crippen molar-refractivity contribution >= 4 is 22.9 Å². The van der Waals surface area contributed by atoms with E-state index >= 15 is 0 Å². The highest BCUT2D eigenvalue weighted by Gasteiger charge is 2.32. The van der Waals surface area contributed by atoms with E-state index in [-0.39, 0.29) is 17.1 Å². The maximum atomic E-state index is 12.7. The maximum absolute atomic E-state index is 12.7. The first-order valence-corrected chi connectivity index (χ1v) is 7.65. The smallest absolute Gasteiger partial charge is 0.417 e. The van der Waals surface area contributed by atoms with Gasteiger partial charge in [0.25, 0.3) is 0 Å². The first kappa shape index (κ1) is 19.0. The lowest BCUT2D eigenvalue weighted by Gasteiger charge is -2.14. The van der Waals surface area contributed by atoms with Crippen molar-refractivity contribution in [3.05, 3.63) is 65.0 Å². The van der Waals surface area contributed by atoms with Crippen LogP contribution in [0.5, 0.6) is 5.75 Å². The van der Waals surface area contributed by atoms with Gasteiger partial charge in [0.2, 0.25) is 0 Å². The molecule has 3 nitrogen and oxygen atoms in total. The van der Waals surface area contributed by atoms with Gasteiger partial charge in [-0.1, -0.05) is 36.4 Å². The molecule has 0 saturated heterocycles. The molecule has 0 atom stereocenters. The third-order valence-corrected chi connectivity index (χ3v) is 3.87. The number of benzene rings is 1. The zero-order valence-electron chi connectivity index (χ0n) is 13.7. The summed E-state index contributed by atoms with van der Waals surface area (Å²) < 4.78 is 43.5. The monoisotopic (exact) mass is 368 g/mol. The van der Waals surface area contributed by atoms with Crippen molar-refractivity contribution in [1.82, 2.24) is 4.98 Å². The van der Waals surface area contributed by atoms with Gasteiger partial charge in [0.1, 0.15) is 11.4 Å². The SMILES string of the molecule is C=C(CC(=NC)c1ncc(C(F)(F)F)cc1Cl)c1ccccc1OC. The van der Waals surface area contributed by atoms with Crippen molar-refractivity contribution in [2.75, 3.05) is 14.2 Å². The van der Waals surface area contributed by atoms with Gasteiger partial charge in [0, 0.05) is 25.2 Å². The fourth-order valence-corrected chi connectivity index (χ4v) is 2.58. The summed E-state index contributed by atoms with van der Waals surface area (Å²) in [5.41, 5.74) is 1.22. The summed E-state index contributed by atoms with van der Waals surface area (Å²) in [6.45, 7) is 4.02. The predicted octanol–water partition coefficient (Wildman–Crippen LogP) is 5.28. The summed E-state index contributed by atoms with van der Waals surface area (Å²) in [5, 5.41) is -0.108. The number of rotatable bonds is 5. The second-order valence-corrected chi connectivity index (χ2v) is 5.61. The molecule has 0 N–H and O–H groups in total. The Labute approximate surface area is 148 Å². The molecule has 2 aromatic rings. The lowest BCUT2D eigenvalue weighted by Crippen LogP contribution is -2.10. The largest absolute Gasteiger partial charge is 0.496 e. The van der Waals surface area contributed by atoms with Crippen LogP contribution < -0.4 is 4.74 Å². The molecular formula is C18H16ClF3N2O. The molecule has 0 unspecified atom stereocenters. The molecule has 0 fully saturated rings. The van der Waals surface area contributed by atoms with Crippen molar-refractivity contribution < 1.29 is 17.9 Å². The summed E-state index contributed by atoms with van der Waals surface area (Å²) in [5.74, 6) is 0.648.